The van der Waals surface area contributed by atoms with Crippen LogP contribution in [0.1, 0.15) is 23.2 Å². The van der Waals surface area contributed by atoms with Crippen LogP contribution < -0.4 is 5.32 Å². The lowest BCUT2D eigenvalue weighted by Crippen LogP contribution is -2.32. The summed E-state index contributed by atoms with van der Waals surface area (Å²) in [5.41, 5.74) is 0.745. The molecule has 2 fully saturated rings. The lowest BCUT2D eigenvalue weighted by Gasteiger charge is -2.21. The molecule has 3 nitrogen and oxygen atoms in total. The number of hydrogen-bond donors (Lipinski definition) is 1. The van der Waals surface area contributed by atoms with E-state index in [2.05, 4.69) is 5.32 Å². The van der Waals surface area contributed by atoms with Crippen LogP contribution in [0.25, 0.3) is 0 Å². The van der Waals surface area contributed by atoms with Crippen molar-refractivity contribution in [3.05, 3.63) is 34.9 Å². The van der Waals surface area contributed by atoms with Gasteiger partial charge in [-0.1, -0.05) is 11.6 Å². The highest BCUT2D eigenvalue weighted by atomic mass is 35.5. The van der Waals surface area contributed by atoms with Gasteiger partial charge in [-0.2, -0.15) is 0 Å². The first kappa shape index (κ1) is 15.6. The van der Waals surface area contributed by atoms with E-state index in [1.54, 1.807) is 12.1 Å². The molecule has 1 N–H and O–H groups in total. The highest BCUT2D eigenvalue weighted by molar-refractivity contribution is 6.30. The largest absolute Gasteiger partial charge is 0.339 e. The predicted octanol–water partition coefficient (Wildman–Crippen LogP) is 2.83. The average molecular weight is 315 g/mol. The molecule has 1 aromatic carbocycles. The molecule has 5 heteroatoms. The summed E-state index contributed by atoms with van der Waals surface area (Å²) in [6.07, 6.45) is 2.24. The van der Waals surface area contributed by atoms with Gasteiger partial charge in [0.05, 0.1) is 0 Å². The molecule has 3 rings (SSSR count). The second kappa shape index (κ2) is 6.79. The molecule has 2 heterocycles. The Morgan fingerprint density at radius 2 is 1.65 bits per heavy atom. The Bertz CT molecular complexity index is 449. The third-order valence-electron chi connectivity index (χ3n) is 4.40. The minimum Gasteiger partial charge on any atom is -0.339 e. The average Bonchev–Trinajstić information content (AvgIpc) is 2.78. The second-order valence-electron chi connectivity index (χ2n) is 5.55. The zero-order valence-corrected chi connectivity index (χ0v) is 12.9. The van der Waals surface area contributed by atoms with E-state index in [1.165, 1.54) is 0 Å². The lowest BCUT2D eigenvalue weighted by molar-refractivity contribution is 0.0758. The number of fused-ring (bicyclic) bond motifs is 1. The molecule has 0 aliphatic carbocycles. The molecule has 2 aliphatic heterocycles. The van der Waals surface area contributed by atoms with Crippen molar-refractivity contribution in [3.63, 3.8) is 0 Å². The number of halogens is 2. The summed E-state index contributed by atoms with van der Waals surface area (Å²) in [6, 6.07) is 7.20. The molecule has 110 valence electrons. The van der Waals surface area contributed by atoms with E-state index in [1.807, 2.05) is 17.0 Å². The maximum Gasteiger partial charge on any atom is 0.253 e. The van der Waals surface area contributed by atoms with Crippen LogP contribution in [0.3, 0.4) is 0 Å². The van der Waals surface area contributed by atoms with Crippen molar-refractivity contribution in [3.8, 4) is 0 Å². The van der Waals surface area contributed by atoms with Crippen LogP contribution in [-0.2, 0) is 0 Å². The number of nitrogens with one attached hydrogen (secondary N) is 1. The molecule has 0 spiro atoms. The minimum absolute atomic E-state index is 0. The van der Waals surface area contributed by atoms with E-state index in [9.17, 15) is 4.79 Å². The van der Waals surface area contributed by atoms with E-state index in [0.717, 1.165) is 56.4 Å². The van der Waals surface area contributed by atoms with E-state index in [4.69, 9.17) is 11.6 Å². The molecule has 1 aromatic rings. The maximum atomic E-state index is 12.5. The molecule has 0 saturated carbocycles. The van der Waals surface area contributed by atoms with Gasteiger partial charge < -0.3 is 10.2 Å². The molecule has 0 bridgehead atoms. The number of nitrogens with zero attached hydrogens (tertiary/aromatic N) is 1. The van der Waals surface area contributed by atoms with Crippen LogP contribution in [0.2, 0.25) is 5.02 Å². The molecule has 1 amide bonds. The SMILES string of the molecule is Cl.O=C(c1ccc(Cl)cc1)N1CC[C@@H]2CNC[C@@H]2CC1. The summed E-state index contributed by atoms with van der Waals surface area (Å²) < 4.78 is 0. The van der Waals surface area contributed by atoms with E-state index < -0.39 is 0 Å². The Balaban J connectivity index is 0.00000147. The molecule has 20 heavy (non-hydrogen) atoms. The molecular weight excluding hydrogens is 295 g/mol. The van der Waals surface area contributed by atoms with Crippen molar-refractivity contribution < 1.29 is 4.79 Å². The van der Waals surface area contributed by atoms with Crippen molar-refractivity contribution in [2.45, 2.75) is 12.8 Å². The van der Waals surface area contributed by atoms with Gasteiger partial charge in [0.15, 0.2) is 0 Å². The number of benzene rings is 1. The van der Waals surface area contributed by atoms with E-state index in [-0.39, 0.29) is 18.3 Å². The van der Waals surface area contributed by atoms with Crippen molar-refractivity contribution in [2.75, 3.05) is 26.2 Å². The number of rotatable bonds is 1. The second-order valence-corrected chi connectivity index (χ2v) is 5.99. The number of likely N-dealkylation sites (tertiary alicyclic amines) is 1. The summed E-state index contributed by atoms with van der Waals surface area (Å²) in [7, 11) is 0. The Kier molecular flexibility index (Phi) is 5.30. The minimum atomic E-state index is 0. The third-order valence-corrected chi connectivity index (χ3v) is 4.65. The van der Waals surface area contributed by atoms with Crippen LogP contribution in [0.5, 0.6) is 0 Å². The van der Waals surface area contributed by atoms with Crippen molar-refractivity contribution in [1.29, 1.82) is 0 Å². The van der Waals surface area contributed by atoms with Gasteiger partial charge in [0.2, 0.25) is 0 Å². The number of hydrogen-bond acceptors (Lipinski definition) is 2. The standard InChI is InChI=1S/C15H19ClN2O.ClH/c16-14-3-1-11(2-4-14)15(19)18-7-5-12-9-17-10-13(12)6-8-18;/h1-4,12-13,17H,5-10H2;1H/t12-,13+;. The van der Waals surface area contributed by atoms with Crippen LogP contribution in [0.4, 0.5) is 0 Å². The first-order valence-electron chi connectivity index (χ1n) is 6.99. The topological polar surface area (TPSA) is 32.3 Å². The molecule has 0 aromatic heterocycles. The first-order chi connectivity index (χ1) is 9.24. The molecule has 2 saturated heterocycles. The van der Waals surface area contributed by atoms with Crippen LogP contribution >= 0.6 is 24.0 Å². The fraction of sp³-hybridized carbons (Fsp3) is 0.533. The molecule has 0 unspecified atom stereocenters. The predicted molar refractivity (Wildman–Crippen MR) is 83.7 cm³/mol. The van der Waals surface area contributed by atoms with Gasteiger partial charge in [0, 0.05) is 23.7 Å². The van der Waals surface area contributed by atoms with Crippen LogP contribution in [-0.4, -0.2) is 37.0 Å². The fourth-order valence-electron chi connectivity index (χ4n) is 3.20. The summed E-state index contributed by atoms with van der Waals surface area (Å²) in [4.78, 5) is 14.5. The third kappa shape index (κ3) is 3.27. The Hall–Kier alpha value is -0.770. The summed E-state index contributed by atoms with van der Waals surface area (Å²) in [6.45, 7) is 4.00. The Labute approximate surface area is 131 Å². The fourth-order valence-corrected chi connectivity index (χ4v) is 3.32. The molecule has 2 aliphatic rings. The first-order valence-corrected chi connectivity index (χ1v) is 7.37. The van der Waals surface area contributed by atoms with Gasteiger partial charge in [-0.3, -0.25) is 4.79 Å². The van der Waals surface area contributed by atoms with Gasteiger partial charge in [-0.05, 0) is 62.0 Å². The highest BCUT2D eigenvalue weighted by Gasteiger charge is 2.31. The van der Waals surface area contributed by atoms with Gasteiger partial charge in [-0.15, -0.1) is 12.4 Å². The smallest absolute Gasteiger partial charge is 0.253 e. The monoisotopic (exact) mass is 314 g/mol. The zero-order chi connectivity index (χ0) is 13.2. The summed E-state index contributed by atoms with van der Waals surface area (Å²) in [5.74, 6) is 1.65. The normalized spacial score (nSPS) is 25.6. The Morgan fingerprint density at radius 3 is 2.20 bits per heavy atom. The van der Waals surface area contributed by atoms with Crippen molar-refractivity contribution in [2.24, 2.45) is 11.8 Å². The van der Waals surface area contributed by atoms with Gasteiger partial charge in [-0.25, -0.2) is 0 Å². The van der Waals surface area contributed by atoms with Crippen LogP contribution in [0, 0.1) is 11.8 Å². The number of carbonyl (C=O) groups is 1. The Morgan fingerprint density at radius 1 is 1.10 bits per heavy atom. The van der Waals surface area contributed by atoms with Gasteiger partial charge in [0.1, 0.15) is 0 Å². The molecular formula is C15H20Cl2N2O. The number of amides is 1. The van der Waals surface area contributed by atoms with Crippen molar-refractivity contribution >= 4 is 29.9 Å². The molecule has 2 atom stereocenters. The van der Waals surface area contributed by atoms with E-state index in [0.29, 0.717) is 5.02 Å². The lowest BCUT2D eigenvalue weighted by atomic mass is 9.92. The van der Waals surface area contributed by atoms with E-state index >= 15 is 0 Å². The highest BCUT2D eigenvalue weighted by Crippen LogP contribution is 2.27. The zero-order valence-electron chi connectivity index (χ0n) is 11.3. The van der Waals surface area contributed by atoms with Gasteiger partial charge >= 0.3 is 0 Å². The van der Waals surface area contributed by atoms with Crippen molar-refractivity contribution in [1.82, 2.24) is 10.2 Å². The summed E-state index contributed by atoms with van der Waals surface area (Å²) >= 11 is 5.86. The quantitative estimate of drug-likeness (QED) is 0.864. The maximum absolute atomic E-state index is 12.5. The van der Waals surface area contributed by atoms with Crippen LogP contribution in [0.15, 0.2) is 24.3 Å². The summed E-state index contributed by atoms with van der Waals surface area (Å²) in [5, 5.41) is 4.13. The number of carbonyl (C=O) groups excluding carboxylic acids is 1. The molecule has 0 radical (unpaired) electrons. The van der Waals surface area contributed by atoms with Gasteiger partial charge in [0.25, 0.3) is 5.91 Å².